The van der Waals surface area contributed by atoms with Gasteiger partial charge in [0.15, 0.2) is 9.84 Å². The van der Waals surface area contributed by atoms with Gasteiger partial charge in [-0.25, -0.2) is 8.42 Å². The molecular weight excluding hydrogens is 406 g/mol. The van der Waals surface area contributed by atoms with Crippen LogP contribution in [0.3, 0.4) is 0 Å². The van der Waals surface area contributed by atoms with Crippen LogP contribution in [0.5, 0.6) is 0 Å². The van der Waals surface area contributed by atoms with Crippen molar-refractivity contribution in [3.63, 3.8) is 0 Å². The summed E-state index contributed by atoms with van der Waals surface area (Å²) < 4.78 is 26.5. The summed E-state index contributed by atoms with van der Waals surface area (Å²) in [5.41, 5.74) is 4.34. The van der Waals surface area contributed by atoms with Crippen LogP contribution in [0.15, 0.2) is 77.9 Å². The third kappa shape index (κ3) is 3.72. The maximum Gasteiger partial charge on any atom is 0.152 e. The summed E-state index contributed by atoms with van der Waals surface area (Å²) in [6, 6.07) is 24.5. The van der Waals surface area contributed by atoms with E-state index in [4.69, 9.17) is 5.10 Å². The normalized spacial score (nSPS) is 18.3. The Morgan fingerprint density at radius 1 is 1.00 bits per heavy atom. The van der Waals surface area contributed by atoms with Gasteiger partial charge in [0.1, 0.15) is 0 Å². The lowest BCUT2D eigenvalue weighted by Crippen LogP contribution is -2.31. The highest BCUT2D eigenvalue weighted by molar-refractivity contribution is 7.91. The minimum Gasteiger partial charge on any atom is -0.341 e. The van der Waals surface area contributed by atoms with E-state index in [0.717, 1.165) is 17.8 Å². The number of para-hydroxylation sites is 2. The first kappa shape index (κ1) is 19.8. The van der Waals surface area contributed by atoms with E-state index in [0.29, 0.717) is 6.42 Å². The molecule has 2 heterocycles. The van der Waals surface area contributed by atoms with Gasteiger partial charge in [-0.15, -0.1) is 0 Å². The van der Waals surface area contributed by atoms with Crippen molar-refractivity contribution in [3.05, 3.63) is 78.4 Å². The van der Waals surface area contributed by atoms with Gasteiger partial charge < -0.3 is 4.57 Å². The second-order valence-corrected chi connectivity index (χ2v) is 10.2. The SMILES string of the molecule is CCn1c2ccccc2c2cc(/C=N\N(c3ccccc3)C3CCS(=O)(=O)C3)ccc21. The molecule has 158 valence electrons. The molecule has 6 heteroatoms. The molecule has 1 unspecified atom stereocenters. The number of benzene rings is 3. The molecule has 0 saturated carbocycles. The van der Waals surface area contributed by atoms with Crippen molar-refractivity contribution in [1.82, 2.24) is 4.57 Å². The third-order valence-electron chi connectivity index (χ3n) is 6.02. The average Bonchev–Trinajstić information content (AvgIpc) is 3.31. The third-order valence-corrected chi connectivity index (χ3v) is 7.77. The Balaban J connectivity index is 1.55. The van der Waals surface area contributed by atoms with Gasteiger partial charge in [0, 0.05) is 28.4 Å². The largest absolute Gasteiger partial charge is 0.341 e. The van der Waals surface area contributed by atoms with Gasteiger partial charge in [-0.1, -0.05) is 42.5 Å². The van der Waals surface area contributed by atoms with Gasteiger partial charge in [0.25, 0.3) is 0 Å². The summed E-state index contributed by atoms with van der Waals surface area (Å²) >= 11 is 0. The molecule has 1 fully saturated rings. The number of rotatable bonds is 5. The topological polar surface area (TPSA) is 54.7 Å². The number of hydrogen-bond acceptors (Lipinski definition) is 4. The smallest absolute Gasteiger partial charge is 0.152 e. The Hall–Kier alpha value is -3.12. The molecule has 0 amide bonds. The summed E-state index contributed by atoms with van der Waals surface area (Å²) in [6.07, 6.45) is 2.44. The summed E-state index contributed by atoms with van der Waals surface area (Å²) in [7, 11) is -3.00. The van der Waals surface area contributed by atoms with Crippen molar-refractivity contribution in [3.8, 4) is 0 Å². The van der Waals surface area contributed by atoms with Crippen molar-refractivity contribution >= 4 is 43.5 Å². The first-order valence-corrected chi connectivity index (χ1v) is 12.5. The second kappa shape index (κ2) is 7.85. The van der Waals surface area contributed by atoms with Crippen molar-refractivity contribution < 1.29 is 8.42 Å². The van der Waals surface area contributed by atoms with Crippen LogP contribution in [0.2, 0.25) is 0 Å². The van der Waals surface area contributed by atoms with E-state index in [1.165, 1.54) is 21.8 Å². The fourth-order valence-electron chi connectivity index (χ4n) is 4.54. The van der Waals surface area contributed by atoms with E-state index in [1.807, 2.05) is 41.6 Å². The van der Waals surface area contributed by atoms with Crippen LogP contribution < -0.4 is 5.01 Å². The van der Waals surface area contributed by atoms with E-state index in [-0.39, 0.29) is 17.5 Å². The quantitative estimate of drug-likeness (QED) is 0.336. The van der Waals surface area contributed by atoms with Crippen molar-refractivity contribution in [2.45, 2.75) is 25.9 Å². The number of hydrazone groups is 1. The van der Waals surface area contributed by atoms with Gasteiger partial charge in [-0.3, -0.25) is 5.01 Å². The average molecular weight is 432 g/mol. The molecule has 1 atom stereocenters. The summed E-state index contributed by atoms with van der Waals surface area (Å²) in [6.45, 7) is 3.07. The summed E-state index contributed by atoms with van der Waals surface area (Å²) in [5.74, 6) is 0.362. The van der Waals surface area contributed by atoms with E-state index in [9.17, 15) is 8.42 Å². The van der Waals surface area contributed by atoms with E-state index in [1.54, 1.807) is 0 Å². The highest BCUT2D eigenvalue weighted by Gasteiger charge is 2.32. The number of nitrogens with zero attached hydrogens (tertiary/aromatic N) is 3. The fourth-order valence-corrected chi connectivity index (χ4v) is 6.23. The molecule has 0 spiro atoms. The first-order chi connectivity index (χ1) is 15.1. The molecule has 0 bridgehead atoms. The zero-order chi connectivity index (χ0) is 21.4. The van der Waals surface area contributed by atoms with Crippen LogP contribution in [0, 0.1) is 0 Å². The van der Waals surface area contributed by atoms with Crippen LogP contribution in [-0.2, 0) is 16.4 Å². The van der Waals surface area contributed by atoms with Gasteiger partial charge >= 0.3 is 0 Å². The minimum absolute atomic E-state index is 0.141. The number of hydrogen-bond donors (Lipinski definition) is 0. The van der Waals surface area contributed by atoms with Crippen LogP contribution >= 0.6 is 0 Å². The van der Waals surface area contributed by atoms with Crippen LogP contribution in [-0.4, -0.2) is 36.7 Å². The molecule has 1 aliphatic rings. The number of anilines is 1. The predicted octanol–water partition coefficient (Wildman–Crippen LogP) is 4.84. The first-order valence-electron chi connectivity index (χ1n) is 10.7. The highest BCUT2D eigenvalue weighted by atomic mass is 32.2. The van der Waals surface area contributed by atoms with E-state index in [2.05, 4.69) is 54.0 Å². The Bertz CT molecular complexity index is 1370. The second-order valence-electron chi connectivity index (χ2n) is 8.02. The molecule has 4 aromatic rings. The Morgan fingerprint density at radius 2 is 1.74 bits per heavy atom. The summed E-state index contributed by atoms with van der Waals surface area (Å²) in [5, 5.41) is 9.07. The lowest BCUT2D eigenvalue weighted by atomic mass is 10.1. The fraction of sp³-hybridized carbons (Fsp3) is 0.240. The van der Waals surface area contributed by atoms with Crippen LogP contribution in [0.25, 0.3) is 21.8 Å². The predicted molar refractivity (Wildman–Crippen MR) is 129 cm³/mol. The molecule has 5 rings (SSSR count). The standard InChI is InChI=1S/C25H25N3O2S/c1-2-27-24-11-7-6-10-22(24)23-16-19(12-13-25(23)27)17-26-28(20-8-4-3-5-9-20)21-14-15-31(29,30)18-21/h3-13,16-17,21H,2,14-15,18H2,1H3/b26-17-. The van der Waals surface area contributed by atoms with Gasteiger partial charge in [-0.2, -0.15) is 5.10 Å². The number of fused-ring (bicyclic) bond motifs is 3. The molecule has 1 aliphatic heterocycles. The van der Waals surface area contributed by atoms with Crippen LogP contribution in [0.1, 0.15) is 18.9 Å². The maximum absolute atomic E-state index is 12.1. The van der Waals surface area contributed by atoms with Crippen molar-refractivity contribution in [2.75, 3.05) is 16.5 Å². The van der Waals surface area contributed by atoms with Gasteiger partial charge in [-0.05, 0) is 49.2 Å². The van der Waals surface area contributed by atoms with Crippen LogP contribution in [0.4, 0.5) is 5.69 Å². The zero-order valence-electron chi connectivity index (χ0n) is 17.5. The Kier molecular flexibility index (Phi) is 5.02. The molecule has 31 heavy (non-hydrogen) atoms. The summed E-state index contributed by atoms with van der Waals surface area (Å²) in [4.78, 5) is 0. The van der Waals surface area contributed by atoms with Gasteiger partial charge in [0.2, 0.25) is 0 Å². The van der Waals surface area contributed by atoms with E-state index >= 15 is 0 Å². The molecule has 1 aromatic heterocycles. The lowest BCUT2D eigenvalue weighted by molar-refractivity contribution is 0.600. The molecule has 0 radical (unpaired) electrons. The van der Waals surface area contributed by atoms with E-state index < -0.39 is 9.84 Å². The zero-order valence-corrected chi connectivity index (χ0v) is 18.3. The monoisotopic (exact) mass is 431 g/mol. The van der Waals surface area contributed by atoms with Gasteiger partial charge in [0.05, 0.1) is 29.4 Å². The molecule has 0 aliphatic carbocycles. The highest BCUT2D eigenvalue weighted by Crippen LogP contribution is 2.30. The minimum atomic E-state index is -3.00. The maximum atomic E-state index is 12.1. The molecule has 5 nitrogen and oxygen atoms in total. The molecular formula is C25H25N3O2S. The number of aromatic nitrogens is 1. The molecule has 3 aromatic carbocycles. The number of aryl methyl sites for hydroxylation is 1. The van der Waals surface area contributed by atoms with Crippen molar-refractivity contribution in [2.24, 2.45) is 5.10 Å². The molecule has 1 saturated heterocycles. The molecule has 0 N–H and O–H groups in total. The Morgan fingerprint density at radius 3 is 2.48 bits per heavy atom. The Labute approximate surface area is 182 Å². The lowest BCUT2D eigenvalue weighted by Gasteiger charge is -2.25. The number of sulfone groups is 1. The van der Waals surface area contributed by atoms with Crippen molar-refractivity contribution in [1.29, 1.82) is 0 Å².